The number of fused-ring (bicyclic) bond motifs is 7. The second-order valence-electron chi connectivity index (χ2n) is 8.60. The van der Waals surface area contributed by atoms with Gasteiger partial charge in [0, 0.05) is 34.6 Å². The van der Waals surface area contributed by atoms with Gasteiger partial charge in [-0.25, -0.2) is 0 Å². The molecule has 5 aromatic carbocycles. The summed E-state index contributed by atoms with van der Waals surface area (Å²) >= 11 is 0. The molecule has 1 aliphatic carbocycles. The van der Waals surface area contributed by atoms with Crippen LogP contribution in [0.5, 0.6) is 0 Å². The Bertz CT molecular complexity index is 1780. The van der Waals surface area contributed by atoms with Gasteiger partial charge >= 0.3 is 0 Å². The lowest BCUT2D eigenvalue weighted by Gasteiger charge is -2.11. The molecule has 3 nitrogen and oxygen atoms in total. The number of nitrogens with two attached hydrogens (primary N) is 1. The van der Waals surface area contributed by atoms with Crippen molar-refractivity contribution in [2.75, 3.05) is 7.05 Å². The maximum atomic E-state index is 6.15. The Labute approximate surface area is 191 Å². The molecule has 0 unspecified atom stereocenters. The first-order valence-electron chi connectivity index (χ1n) is 11.2. The molecule has 0 spiro atoms. The second kappa shape index (κ2) is 6.57. The van der Waals surface area contributed by atoms with Crippen molar-refractivity contribution < 1.29 is 0 Å². The molecule has 2 N–H and O–H groups in total. The van der Waals surface area contributed by atoms with Crippen molar-refractivity contribution in [3.63, 3.8) is 0 Å². The van der Waals surface area contributed by atoms with E-state index in [1.54, 1.807) is 7.05 Å². The van der Waals surface area contributed by atoms with E-state index < -0.39 is 0 Å². The van der Waals surface area contributed by atoms with Crippen LogP contribution in [0.15, 0.2) is 102 Å². The average molecular weight is 424 g/mol. The van der Waals surface area contributed by atoms with Gasteiger partial charge in [0.25, 0.3) is 0 Å². The van der Waals surface area contributed by atoms with Crippen molar-refractivity contribution in [1.29, 1.82) is 0 Å². The van der Waals surface area contributed by atoms with Gasteiger partial charge in [-0.3, -0.25) is 4.99 Å². The van der Waals surface area contributed by atoms with E-state index in [-0.39, 0.29) is 0 Å². The highest BCUT2D eigenvalue weighted by Gasteiger charge is 2.26. The van der Waals surface area contributed by atoms with Gasteiger partial charge in [-0.05, 0) is 51.7 Å². The molecule has 1 aromatic heterocycles. The maximum Gasteiger partial charge on any atom is 0.125 e. The molecule has 0 amide bonds. The molecular weight excluding hydrogens is 402 g/mol. The zero-order valence-corrected chi connectivity index (χ0v) is 18.2. The van der Waals surface area contributed by atoms with E-state index in [9.17, 15) is 0 Å². The Hall–Kier alpha value is -4.37. The van der Waals surface area contributed by atoms with Crippen molar-refractivity contribution in [3.8, 4) is 27.9 Å². The van der Waals surface area contributed by atoms with Crippen LogP contribution in [0.4, 0.5) is 0 Å². The van der Waals surface area contributed by atoms with Crippen LogP contribution in [-0.2, 0) is 0 Å². The van der Waals surface area contributed by atoms with E-state index in [0.717, 1.165) is 11.3 Å². The van der Waals surface area contributed by atoms with Gasteiger partial charge in [-0.15, -0.1) is 0 Å². The number of nitrogens with zero attached hydrogens (tertiary/aromatic N) is 2. The highest BCUT2D eigenvalue weighted by Crippen LogP contribution is 2.52. The van der Waals surface area contributed by atoms with E-state index in [4.69, 9.17) is 5.73 Å². The van der Waals surface area contributed by atoms with E-state index in [0.29, 0.717) is 5.84 Å². The molecule has 0 atom stereocenters. The molecule has 1 heterocycles. The van der Waals surface area contributed by atoms with Crippen LogP contribution in [0.25, 0.3) is 60.5 Å². The Balaban J connectivity index is 1.64. The molecule has 0 saturated heterocycles. The zero-order chi connectivity index (χ0) is 22.1. The summed E-state index contributed by atoms with van der Waals surface area (Å²) in [5, 5.41) is 5.21. The number of para-hydroxylation sites is 1. The van der Waals surface area contributed by atoms with E-state index >= 15 is 0 Å². The van der Waals surface area contributed by atoms with Gasteiger partial charge in [-0.1, -0.05) is 72.8 Å². The zero-order valence-electron chi connectivity index (χ0n) is 18.2. The minimum Gasteiger partial charge on any atom is -0.384 e. The van der Waals surface area contributed by atoms with Gasteiger partial charge < -0.3 is 10.3 Å². The maximum absolute atomic E-state index is 6.15. The molecule has 0 fully saturated rings. The summed E-state index contributed by atoms with van der Waals surface area (Å²) in [5.41, 5.74) is 15.8. The van der Waals surface area contributed by atoms with Gasteiger partial charge in [0.1, 0.15) is 5.84 Å². The van der Waals surface area contributed by atoms with E-state index in [2.05, 4.69) is 94.5 Å². The quantitative estimate of drug-likeness (QED) is 0.238. The molecule has 0 aliphatic heterocycles. The molecule has 1 aliphatic rings. The number of hydrogen-bond acceptors (Lipinski definition) is 1. The highest BCUT2D eigenvalue weighted by atomic mass is 15.0. The fourth-order valence-corrected chi connectivity index (χ4v) is 5.55. The van der Waals surface area contributed by atoms with Crippen molar-refractivity contribution in [1.82, 2.24) is 4.57 Å². The molecular formula is C30H21N3. The average Bonchev–Trinajstić information content (AvgIpc) is 3.38. The van der Waals surface area contributed by atoms with Crippen LogP contribution in [0.1, 0.15) is 5.56 Å². The Morgan fingerprint density at radius 3 is 2.33 bits per heavy atom. The predicted molar refractivity (Wildman–Crippen MR) is 139 cm³/mol. The number of amidine groups is 1. The first kappa shape index (κ1) is 18.2. The third-order valence-corrected chi connectivity index (χ3v) is 6.94. The van der Waals surface area contributed by atoms with Crippen LogP contribution in [0.3, 0.4) is 0 Å². The summed E-state index contributed by atoms with van der Waals surface area (Å²) < 4.78 is 2.35. The van der Waals surface area contributed by atoms with E-state index in [1.807, 2.05) is 12.1 Å². The number of hydrogen-bond donors (Lipinski definition) is 1. The van der Waals surface area contributed by atoms with Gasteiger partial charge in [0.05, 0.1) is 11.0 Å². The summed E-state index contributed by atoms with van der Waals surface area (Å²) in [6, 6.07) is 34.8. The lowest BCUT2D eigenvalue weighted by atomic mass is 9.98. The molecule has 3 heteroatoms. The van der Waals surface area contributed by atoms with Gasteiger partial charge in [0.2, 0.25) is 0 Å². The summed E-state index contributed by atoms with van der Waals surface area (Å²) in [5.74, 6) is 0.542. The third-order valence-electron chi connectivity index (χ3n) is 6.94. The van der Waals surface area contributed by atoms with E-state index in [1.165, 1.54) is 54.8 Å². The third kappa shape index (κ3) is 2.36. The topological polar surface area (TPSA) is 43.3 Å². The van der Waals surface area contributed by atoms with Crippen molar-refractivity contribution in [2.45, 2.75) is 0 Å². The number of aliphatic imine (C=N–C) groups is 1. The van der Waals surface area contributed by atoms with Crippen LogP contribution < -0.4 is 5.73 Å². The minimum atomic E-state index is 0.542. The Morgan fingerprint density at radius 2 is 1.48 bits per heavy atom. The minimum absolute atomic E-state index is 0.542. The first-order valence-corrected chi connectivity index (χ1v) is 11.2. The summed E-state index contributed by atoms with van der Waals surface area (Å²) in [6.45, 7) is 0. The standard InChI is InChI=1S/C30H21N3/c1-32-30(31)19-9-4-10-20(17-19)33-25-14-3-2-11-23(25)29-26(33)16-15-22-21-12-5-7-18-8-6-13-24(27(18)21)28(22)29/h2-17H,1H3,(H2,31,32). The number of rotatable bonds is 2. The molecule has 0 saturated carbocycles. The highest BCUT2D eigenvalue weighted by molar-refractivity contribution is 6.26. The monoisotopic (exact) mass is 423 g/mol. The summed E-state index contributed by atoms with van der Waals surface area (Å²) in [4.78, 5) is 4.18. The van der Waals surface area contributed by atoms with Crippen LogP contribution >= 0.6 is 0 Å². The van der Waals surface area contributed by atoms with Crippen LogP contribution in [0.2, 0.25) is 0 Å². The summed E-state index contributed by atoms with van der Waals surface area (Å²) in [6.07, 6.45) is 0. The SMILES string of the molecule is CN=C(N)c1cccc(-n2c3ccccc3c3c4c(ccc32)-c2cccc3cccc-4c23)c1. The Morgan fingerprint density at radius 1 is 0.697 bits per heavy atom. The number of benzene rings is 5. The Kier molecular flexibility index (Phi) is 3.63. The lowest BCUT2D eigenvalue weighted by Crippen LogP contribution is -2.13. The van der Waals surface area contributed by atoms with Gasteiger partial charge in [0.15, 0.2) is 0 Å². The second-order valence-corrected chi connectivity index (χ2v) is 8.60. The molecule has 33 heavy (non-hydrogen) atoms. The van der Waals surface area contributed by atoms with Crippen molar-refractivity contribution in [3.05, 3.63) is 103 Å². The predicted octanol–water partition coefficient (Wildman–Crippen LogP) is 6.92. The smallest absolute Gasteiger partial charge is 0.125 e. The van der Waals surface area contributed by atoms with Crippen LogP contribution in [0, 0.1) is 0 Å². The molecule has 0 radical (unpaired) electrons. The van der Waals surface area contributed by atoms with Crippen LogP contribution in [-0.4, -0.2) is 17.5 Å². The molecule has 0 bridgehead atoms. The summed E-state index contributed by atoms with van der Waals surface area (Å²) in [7, 11) is 1.73. The first-order chi connectivity index (χ1) is 16.3. The largest absolute Gasteiger partial charge is 0.384 e. The molecule has 156 valence electrons. The van der Waals surface area contributed by atoms with Gasteiger partial charge in [-0.2, -0.15) is 0 Å². The number of aromatic nitrogens is 1. The fraction of sp³-hybridized carbons (Fsp3) is 0.0333. The normalized spacial score (nSPS) is 12.7. The fourth-order valence-electron chi connectivity index (χ4n) is 5.55. The molecule has 7 rings (SSSR count). The molecule has 6 aromatic rings. The van der Waals surface area contributed by atoms with Crippen molar-refractivity contribution in [2.24, 2.45) is 10.7 Å². The van der Waals surface area contributed by atoms with Crippen molar-refractivity contribution >= 4 is 38.4 Å². The lowest BCUT2D eigenvalue weighted by molar-refractivity contribution is 1.18.